The monoisotopic (exact) mass is 203 g/mol. The van der Waals surface area contributed by atoms with Gasteiger partial charge in [-0.05, 0) is 12.0 Å². The van der Waals surface area contributed by atoms with E-state index in [2.05, 4.69) is 10.8 Å². The molecule has 1 rings (SSSR count). The zero-order chi connectivity index (χ0) is 10.6. The summed E-state index contributed by atoms with van der Waals surface area (Å²) in [4.78, 5) is 0. The van der Waals surface area contributed by atoms with Gasteiger partial charge in [0.05, 0.1) is 0 Å². The average molecular weight is 203 g/mol. The molecular formula is C10H10F3O. The molecule has 0 saturated carbocycles. The van der Waals surface area contributed by atoms with Gasteiger partial charge in [-0.1, -0.05) is 31.5 Å². The summed E-state index contributed by atoms with van der Waals surface area (Å²) >= 11 is 0. The average Bonchev–Trinajstić information content (AvgIpc) is 2.06. The highest BCUT2D eigenvalue weighted by Gasteiger charge is 2.31. The van der Waals surface area contributed by atoms with Crippen molar-refractivity contribution in [2.24, 2.45) is 0 Å². The van der Waals surface area contributed by atoms with Crippen molar-refractivity contribution >= 4 is 0 Å². The van der Waals surface area contributed by atoms with Crippen molar-refractivity contribution in [3.05, 3.63) is 29.8 Å². The van der Waals surface area contributed by atoms with Gasteiger partial charge in [-0.3, -0.25) is 0 Å². The van der Waals surface area contributed by atoms with E-state index in [1.165, 1.54) is 6.07 Å². The Hall–Kier alpha value is -1.19. The molecule has 0 bridgehead atoms. The number of ether oxygens (including phenoxy) is 1. The summed E-state index contributed by atoms with van der Waals surface area (Å²) < 4.78 is 39.6. The molecule has 1 aromatic carbocycles. The molecule has 0 fully saturated rings. The first-order valence-electron chi connectivity index (χ1n) is 4.28. The van der Waals surface area contributed by atoms with E-state index in [9.17, 15) is 13.2 Å². The Morgan fingerprint density at radius 3 is 2.71 bits per heavy atom. The quantitative estimate of drug-likeness (QED) is 0.732. The van der Waals surface area contributed by atoms with Gasteiger partial charge >= 0.3 is 6.36 Å². The van der Waals surface area contributed by atoms with Gasteiger partial charge in [-0.2, -0.15) is 0 Å². The van der Waals surface area contributed by atoms with Gasteiger partial charge in [-0.25, -0.2) is 0 Å². The van der Waals surface area contributed by atoms with Crippen LogP contribution in [0.25, 0.3) is 0 Å². The number of rotatable bonds is 3. The van der Waals surface area contributed by atoms with Crippen LogP contribution >= 0.6 is 0 Å². The zero-order valence-electron chi connectivity index (χ0n) is 7.69. The molecule has 0 aliphatic carbocycles. The highest BCUT2D eigenvalue weighted by atomic mass is 19.4. The van der Waals surface area contributed by atoms with Gasteiger partial charge in [0.25, 0.3) is 0 Å². The molecule has 1 nitrogen and oxygen atoms in total. The van der Waals surface area contributed by atoms with Crippen molar-refractivity contribution in [1.29, 1.82) is 0 Å². The number of benzene rings is 1. The zero-order valence-corrected chi connectivity index (χ0v) is 7.69. The molecule has 0 aromatic heterocycles. The van der Waals surface area contributed by atoms with Crippen LogP contribution in [0.4, 0.5) is 13.2 Å². The minimum Gasteiger partial charge on any atom is -0.405 e. The standard InChI is InChI=1S/C10H10F3O/c1-2-5-8-6-3-4-7-9(8)14-10(11,12)13/h3-4,6H,2,5H2,1H3. The third kappa shape index (κ3) is 3.28. The number of aryl methyl sites for hydroxylation is 1. The molecular weight excluding hydrogens is 193 g/mol. The number of para-hydroxylation sites is 1. The summed E-state index contributed by atoms with van der Waals surface area (Å²) in [7, 11) is 0. The van der Waals surface area contributed by atoms with E-state index in [0.29, 0.717) is 12.0 Å². The highest BCUT2D eigenvalue weighted by Crippen LogP contribution is 2.26. The lowest BCUT2D eigenvalue weighted by molar-refractivity contribution is -0.275. The Balaban J connectivity index is 2.84. The van der Waals surface area contributed by atoms with Gasteiger partial charge in [0.15, 0.2) is 0 Å². The van der Waals surface area contributed by atoms with E-state index in [4.69, 9.17) is 0 Å². The SMILES string of the molecule is CCCc1ccc[c]c1OC(F)(F)F. The minimum absolute atomic E-state index is 0.221. The highest BCUT2D eigenvalue weighted by molar-refractivity contribution is 5.32. The van der Waals surface area contributed by atoms with Crippen molar-refractivity contribution in [2.45, 2.75) is 26.1 Å². The van der Waals surface area contributed by atoms with Crippen LogP contribution in [0.2, 0.25) is 0 Å². The number of halogens is 3. The first-order valence-corrected chi connectivity index (χ1v) is 4.28. The third-order valence-corrected chi connectivity index (χ3v) is 1.64. The number of hydrogen-bond donors (Lipinski definition) is 0. The fourth-order valence-electron chi connectivity index (χ4n) is 1.13. The Morgan fingerprint density at radius 2 is 2.14 bits per heavy atom. The normalized spacial score (nSPS) is 11.4. The lowest BCUT2D eigenvalue weighted by Crippen LogP contribution is -2.18. The molecule has 1 aromatic rings. The summed E-state index contributed by atoms with van der Waals surface area (Å²) in [6.07, 6.45) is -3.31. The number of hydrogen-bond acceptors (Lipinski definition) is 1. The molecule has 0 N–H and O–H groups in total. The van der Waals surface area contributed by atoms with Crippen LogP contribution in [-0.2, 0) is 6.42 Å². The third-order valence-electron chi connectivity index (χ3n) is 1.64. The van der Waals surface area contributed by atoms with Crippen LogP contribution in [0.3, 0.4) is 0 Å². The van der Waals surface area contributed by atoms with E-state index >= 15 is 0 Å². The first-order chi connectivity index (χ1) is 6.53. The van der Waals surface area contributed by atoms with Crippen LogP contribution < -0.4 is 4.74 Å². The van der Waals surface area contributed by atoms with Crippen molar-refractivity contribution in [1.82, 2.24) is 0 Å². The summed E-state index contributed by atoms with van der Waals surface area (Å²) in [5, 5.41) is 0. The first kappa shape index (κ1) is 10.9. The van der Waals surface area contributed by atoms with Crippen LogP contribution in [0, 0.1) is 6.07 Å². The molecule has 0 saturated heterocycles. The fourth-order valence-corrected chi connectivity index (χ4v) is 1.13. The van der Waals surface area contributed by atoms with Gasteiger partial charge in [0.2, 0.25) is 0 Å². The molecule has 0 atom stereocenters. The minimum atomic E-state index is -4.64. The van der Waals surface area contributed by atoms with Crippen LogP contribution in [0.1, 0.15) is 18.9 Å². The Bertz CT molecular complexity index is 294. The molecule has 0 unspecified atom stereocenters. The van der Waals surface area contributed by atoms with E-state index < -0.39 is 6.36 Å². The maximum absolute atomic E-state index is 11.9. The van der Waals surface area contributed by atoms with E-state index in [1.807, 2.05) is 6.92 Å². The van der Waals surface area contributed by atoms with Crippen LogP contribution in [0.15, 0.2) is 18.2 Å². The summed E-state index contributed by atoms with van der Waals surface area (Å²) in [5.41, 5.74) is 0.535. The van der Waals surface area contributed by atoms with Crippen molar-refractivity contribution in [2.75, 3.05) is 0 Å². The Labute approximate surface area is 80.5 Å². The molecule has 0 heterocycles. The maximum Gasteiger partial charge on any atom is 0.573 e. The molecule has 0 aliphatic heterocycles. The van der Waals surface area contributed by atoms with E-state index in [0.717, 1.165) is 6.42 Å². The summed E-state index contributed by atoms with van der Waals surface area (Å²) in [6, 6.07) is 7.10. The fraction of sp³-hybridized carbons (Fsp3) is 0.400. The Kier molecular flexibility index (Phi) is 3.38. The second-order valence-electron chi connectivity index (χ2n) is 2.82. The van der Waals surface area contributed by atoms with Crippen LogP contribution in [-0.4, -0.2) is 6.36 Å². The smallest absolute Gasteiger partial charge is 0.405 e. The summed E-state index contributed by atoms with van der Waals surface area (Å²) in [5.74, 6) is -0.221. The second kappa shape index (κ2) is 4.35. The molecule has 1 radical (unpaired) electrons. The lowest BCUT2D eigenvalue weighted by Gasteiger charge is -2.11. The van der Waals surface area contributed by atoms with E-state index in [1.54, 1.807) is 12.1 Å². The van der Waals surface area contributed by atoms with Crippen LogP contribution in [0.5, 0.6) is 5.75 Å². The predicted molar refractivity (Wildman–Crippen MR) is 46.0 cm³/mol. The van der Waals surface area contributed by atoms with Gasteiger partial charge in [-0.15, -0.1) is 13.2 Å². The second-order valence-corrected chi connectivity index (χ2v) is 2.82. The molecule has 0 spiro atoms. The van der Waals surface area contributed by atoms with E-state index in [-0.39, 0.29) is 5.75 Å². The van der Waals surface area contributed by atoms with Gasteiger partial charge in [0.1, 0.15) is 5.75 Å². The van der Waals surface area contributed by atoms with Crippen molar-refractivity contribution in [3.8, 4) is 5.75 Å². The van der Waals surface area contributed by atoms with Crippen molar-refractivity contribution < 1.29 is 17.9 Å². The molecule has 14 heavy (non-hydrogen) atoms. The predicted octanol–water partition coefficient (Wildman–Crippen LogP) is 3.34. The van der Waals surface area contributed by atoms with Gasteiger partial charge < -0.3 is 4.74 Å². The molecule has 77 valence electrons. The maximum atomic E-state index is 11.9. The summed E-state index contributed by atoms with van der Waals surface area (Å²) in [6.45, 7) is 1.89. The Morgan fingerprint density at radius 1 is 1.43 bits per heavy atom. The van der Waals surface area contributed by atoms with Crippen molar-refractivity contribution in [3.63, 3.8) is 0 Å². The van der Waals surface area contributed by atoms with Gasteiger partial charge in [0, 0.05) is 6.07 Å². The number of alkyl halides is 3. The topological polar surface area (TPSA) is 9.23 Å². The molecule has 0 aliphatic rings. The molecule has 4 heteroatoms. The molecule has 0 amide bonds. The largest absolute Gasteiger partial charge is 0.573 e. The lowest BCUT2D eigenvalue weighted by atomic mass is 10.1.